The van der Waals surface area contributed by atoms with Crippen LogP contribution in [0.4, 0.5) is 11.4 Å². The number of rotatable bonds is 4. The molecule has 130 valence electrons. The summed E-state index contributed by atoms with van der Waals surface area (Å²) in [6, 6.07) is 5.76. The highest BCUT2D eigenvalue weighted by Gasteiger charge is 2.25. The van der Waals surface area contributed by atoms with Gasteiger partial charge in [-0.05, 0) is 38.5 Å². The van der Waals surface area contributed by atoms with Crippen LogP contribution in [0.15, 0.2) is 27.6 Å². The van der Waals surface area contributed by atoms with Gasteiger partial charge in [0, 0.05) is 18.8 Å². The van der Waals surface area contributed by atoms with Crippen LogP contribution >= 0.6 is 0 Å². The van der Waals surface area contributed by atoms with Gasteiger partial charge in [-0.2, -0.15) is 0 Å². The Kier molecular flexibility index (Phi) is 4.51. The second-order valence-corrected chi connectivity index (χ2v) is 7.48. The van der Waals surface area contributed by atoms with E-state index >= 15 is 0 Å². The van der Waals surface area contributed by atoms with E-state index in [-0.39, 0.29) is 10.7 Å². The van der Waals surface area contributed by atoms with E-state index in [4.69, 9.17) is 9.26 Å². The maximum atomic E-state index is 12.7. The lowest BCUT2D eigenvalue weighted by atomic mass is 10.1. The van der Waals surface area contributed by atoms with Crippen molar-refractivity contribution in [2.24, 2.45) is 0 Å². The summed E-state index contributed by atoms with van der Waals surface area (Å²) in [4.78, 5) is 2.27. The predicted octanol–water partition coefficient (Wildman–Crippen LogP) is 2.24. The lowest BCUT2D eigenvalue weighted by Gasteiger charge is -2.29. The summed E-state index contributed by atoms with van der Waals surface area (Å²) in [5.74, 6) is 0.280. The number of sulfonamides is 1. The molecule has 0 radical (unpaired) electrons. The van der Waals surface area contributed by atoms with Crippen molar-refractivity contribution in [2.75, 3.05) is 35.9 Å². The fourth-order valence-corrected chi connectivity index (χ4v) is 4.25. The molecule has 1 aliphatic rings. The number of benzene rings is 1. The SMILES string of the molecule is Cc1ccc(N2CCOCC2)cc1NS(=O)(=O)c1c(C)noc1C. The van der Waals surface area contributed by atoms with Crippen molar-refractivity contribution >= 4 is 21.4 Å². The third kappa shape index (κ3) is 3.25. The first-order valence-corrected chi connectivity index (χ1v) is 9.26. The van der Waals surface area contributed by atoms with E-state index in [0.717, 1.165) is 24.3 Å². The largest absolute Gasteiger partial charge is 0.378 e. The predicted molar refractivity (Wildman–Crippen MR) is 91.0 cm³/mol. The molecule has 3 rings (SSSR count). The molecule has 1 aliphatic heterocycles. The molecule has 0 amide bonds. The average molecular weight is 351 g/mol. The number of nitrogens with one attached hydrogen (secondary N) is 1. The molecule has 0 atom stereocenters. The fraction of sp³-hybridized carbons (Fsp3) is 0.438. The number of ether oxygens (including phenoxy) is 1. The van der Waals surface area contributed by atoms with Crippen molar-refractivity contribution in [3.63, 3.8) is 0 Å². The van der Waals surface area contributed by atoms with Crippen LogP contribution in [0.1, 0.15) is 17.0 Å². The van der Waals surface area contributed by atoms with E-state index in [1.165, 1.54) is 0 Å². The summed E-state index contributed by atoms with van der Waals surface area (Å²) in [6.07, 6.45) is 0. The maximum Gasteiger partial charge on any atom is 0.267 e. The first-order valence-electron chi connectivity index (χ1n) is 7.77. The Bertz CT molecular complexity index is 820. The summed E-state index contributed by atoms with van der Waals surface area (Å²) in [7, 11) is -3.75. The topological polar surface area (TPSA) is 84.7 Å². The number of aromatic nitrogens is 1. The monoisotopic (exact) mass is 351 g/mol. The van der Waals surface area contributed by atoms with Crippen LogP contribution < -0.4 is 9.62 Å². The Morgan fingerprint density at radius 2 is 1.88 bits per heavy atom. The molecule has 1 fully saturated rings. The number of nitrogens with zero attached hydrogens (tertiary/aromatic N) is 2. The minimum atomic E-state index is -3.75. The van der Waals surface area contributed by atoms with Gasteiger partial charge < -0.3 is 14.2 Å². The number of morpholine rings is 1. The number of hydrogen-bond donors (Lipinski definition) is 1. The molecule has 2 heterocycles. The third-order valence-electron chi connectivity index (χ3n) is 4.08. The van der Waals surface area contributed by atoms with Gasteiger partial charge in [-0.3, -0.25) is 4.72 Å². The Morgan fingerprint density at radius 1 is 1.17 bits per heavy atom. The molecule has 1 saturated heterocycles. The number of anilines is 2. The van der Waals surface area contributed by atoms with Gasteiger partial charge in [-0.15, -0.1) is 0 Å². The van der Waals surface area contributed by atoms with Crippen molar-refractivity contribution in [3.8, 4) is 0 Å². The van der Waals surface area contributed by atoms with Gasteiger partial charge in [-0.25, -0.2) is 8.42 Å². The highest BCUT2D eigenvalue weighted by Crippen LogP contribution is 2.28. The van der Waals surface area contributed by atoms with Crippen LogP contribution in [0.5, 0.6) is 0 Å². The van der Waals surface area contributed by atoms with E-state index in [1.807, 2.05) is 25.1 Å². The molecule has 0 unspecified atom stereocenters. The second-order valence-electron chi connectivity index (χ2n) is 5.86. The zero-order chi connectivity index (χ0) is 17.3. The summed E-state index contributed by atoms with van der Waals surface area (Å²) >= 11 is 0. The van der Waals surface area contributed by atoms with Crippen molar-refractivity contribution in [3.05, 3.63) is 35.2 Å². The van der Waals surface area contributed by atoms with E-state index in [9.17, 15) is 8.42 Å². The van der Waals surface area contributed by atoms with E-state index in [0.29, 0.717) is 24.6 Å². The molecule has 8 heteroatoms. The molecule has 24 heavy (non-hydrogen) atoms. The highest BCUT2D eigenvalue weighted by molar-refractivity contribution is 7.92. The van der Waals surface area contributed by atoms with Crippen molar-refractivity contribution in [1.82, 2.24) is 5.16 Å². The van der Waals surface area contributed by atoms with Crippen molar-refractivity contribution < 1.29 is 17.7 Å². The van der Waals surface area contributed by atoms with Gasteiger partial charge in [0.15, 0.2) is 10.7 Å². The molecule has 2 aromatic rings. The van der Waals surface area contributed by atoms with E-state index in [1.54, 1.807) is 13.8 Å². The van der Waals surface area contributed by atoms with Crippen LogP contribution in [-0.2, 0) is 14.8 Å². The molecule has 0 bridgehead atoms. The van der Waals surface area contributed by atoms with Gasteiger partial charge in [-0.1, -0.05) is 11.2 Å². The maximum absolute atomic E-state index is 12.7. The molecule has 0 aliphatic carbocycles. The first-order chi connectivity index (χ1) is 11.4. The van der Waals surface area contributed by atoms with Crippen LogP contribution in [0.3, 0.4) is 0 Å². The Labute approximate surface area is 141 Å². The van der Waals surface area contributed by atoms with E-state index < -0.39 is 10.0 Å². The number of hydrogen-bond acceptors (Lipinski definition) is 6. The molecular formula is C16H21N3O4S. The normalized spacial score (nSPS) is 15.5. The van der Waals surface area contributed by atoms with E-state index in [2.05, 4.69) is 14.8 Å². The Balaban J connectivity index is 1.92. The fourth-order valence-electron chi connectivity index (χ4n) is 2.79. The Hall–Kier alpha value is -2.06. The summed E-state index contributed by atoms with van der Waals surface area (Å²) < 4.78 is 38.4. The zero-order valence-electron chi connectivity index (χ0n) is 14.0. The highest BCUT2D eigenvalue weighted by atomic mass is 32.2. The second kappa shape index (κ2) is 6.45. The van der Waals surface area contributed by atoms with Gasteiger partial charge >= 0.3 is 0 Å². The third-order valence-corrected chi connectivity index (χ3v) is 5.69. The van der Waals surface area contributed by atoms with Crippen molar-refractivity contribution in [2.45, 2.75) is 25.7 Å². The molecule has 0 spiro atoms. The molecule has 1 aromatic heterocycles. The van der Waals surface area contributed by atoms with Crippen LogP contribution in [0.2, 0.25) is 0 Å². The van der Waals surface area contributed by atoms with Gasteiger partial charge in [0.05, 0.1) is 18.9 Å². The van der Waals surface area contributed by atoms with Gasteiger partial charge in [0.25, 0.3) is 10.0 Å². The zero-order valence-corrected chi connectivity index (χ0v) is 14.8. The molecule has 0 saturated carbocycles. The first kappa shape index (κ1) is 16.8. The van der Waals surface area contributed by atoms with Gasteiger partial charge in [0.1, 0.15) is 5.69 Å². The molecule has 7 nitrogen and oxygen atoms in total. The summed E-state index contributed by atoms with van der Waals surface area (Å²) in [5, 5.41) is 3.72. The lowest BCUT2D eigenvalue weighted by Crippen LogP contribution is -2.36. The minimum absolute atomic E-state index is 0.0960. The standard InChI is InChI=1S/C16H21N3O4S/c1-11-4-5-14(19-6-8-22-9-7-19)10-15(11)18-24(20,21)16-12(2)17-23-13(16)3/h4-5,10,18H,6-9H2,1-3H3. The van der Waals surface area contributed by atoms with Crippen LogP contribution in [0, 0.1) is 20.8 Å². The average Bonchev–Trinajstić information content (AvgIpc) is 2.90. The van der Waals surface area contributed by atoms with Gasteiger partial charge in [0.2, 0.25) is 0 Å². The smallest absolute Gasteiger partial charge is 0.267 e. The molecular weight excluding hydrogens is 330 g/mol. The summed E-state index contributed by atoms with van der Waals surface area (Å²) in [5.41, 5.74) is 2.73. The van der Waals surface area contributed by atoms with Crippen LogP contribution in [-0.4, -0.2) is 39.9 Å². The lowest BCUT2D eigenvalue weighted by molar-refractivity contribution is 0.122. The molecule has 1 aromatic carbocycles. The summed E-state index contributed by atoms with van der Waals surface area (Å²) in [6.45, 7) is 8.00. The number of aryl methyl sites for hydroxylation is 3. The quantitative estimate of drug-likeness (QED) is 0.909. The van der Waals surface area contributed by atoms with Crippen molar-refractivity contribution in [1.29, 1.82) is 0 Å². The molecule has 1 N–H and O–H groups in total. The Morgan fingerprint density at radius 3 is 2.50 bits per heavy atom. The minimum Gasteiger partial charge on any atom is -0.378 e. The van der Waals surface area contributed by atoms with Crippen LogP contribution in [0.25, 0.3) is 0 Å².